The van der Waals surface area contributed by atoms with Gasteiger partial charge in [-0.05, 0) is 30.5 Å². The standard InChI is InChI=1S/C24H28N4O4/c29-23(25-19-6-7-21-22(16-19)32-15-14-31-21)26-10-8-20(9-11-26)28-13-12-27(24(28)30)17-18-4-2-1-3-5-18/h1-7,16,20H,8-15,17H2,(H,25,29). The van der Waals surface area contributed by atoms with E-state index in [4.69, 9.17) is 9.47 Å². The quantitative estimate of drug-likeness (QED) is 0.797. The fraction of sp³-hybridized carbons (Fsp3) is 0.417. The van der Waals surface area contributed by atoms with Gasteiger partial charge in [-0.25, -0.2) is 9.59 Å². The smallest absolute Gasteiger partial charge is 0.321 e. The van der Waals surface area contributed by atoms with Gasteiger partial charge in [-0.3, -0.25) is 0 Å². The first-order chi connectivity index (χ1) is 15.7. The van der Waals surface area contributed by atoms with Crippen molar-refractivity contribution in [1.29, 1.82) is 0 Å². The maximum absolute atomic E-state index is 12.9. The molecule has 0 aromatic heterocycles. The third kappa shape index (κ3) is 4.30. The van der Waals surface area contributed by atoms with Gasteiger partial charge in [0.2, 0.25) is 0 Å². The van der Waals surface area contributed by atoms with Gasteiger partial charge in [0.25, 0.3) is 0 Å². The lowest BCUT2D eigenvalue weighted by molar-refractivity contribution is 0.139. The van der Waals surface area contributed by atoms with Crippen molar-refractivity contribution in [3.63, 3.8) is 0 Å². The molecule has 1 N–H and O–H groups in total. The van der Waals surface area contributed by atoms with E-state index >= 15 is 0 Å². The molecule has 2 saturated heterocycles. The molecule has 0 saturated carbocycles. The summed E-state index contributed by atoms with van der Waals surface area (Å²) in [5, 5.41) is 2.95. The van der Waals surface area contributed by atoms with E-state index in [1.165, 1.54) is 0 Å². The van der Waals surface area contributed by atoms with Crippen molar-refractivity contribution in [2.75, 3.05) is 44.7 Å². The highest BCUT2D eigenvalue weighted by Gasteiger charge is 2.36. The molecule has 168 valence electrons. The SMILES string of the molecule is O=C(Nc1ccc2c(c1)OCCO2)N1CCC(N2CCN(Cc3ccccc3)C2=O)CC1. The minimum atomic E-state index is -0.126. The Balaban J connectivity index is 1.12. The van der Waals surface area contributed by atoms with Gasteiger partial charge in [0, 0.05) is 50.5 Å². The van der Waals surface area contributed by atoms with Gasteiger partial charge in [0.05, 0.1) is 0 Å². The van der Waals surface area contributed by atoms with Crippen molar-refractivity contribution in [3.05, 3.63) is 54.1 Å². The van der Waals surface area contributed by atoms with Gasteiger partial charge in [-0.1, -0.05) is 30.3 Å². The Hall–Kier alpha value is -3.42. The van der Waals surface area contributed by atoms with Crippen molar-refractivity contribution < 1.29 is 19.1 Å². The largest absolute Gasteiger partial charge is 0.486 e. The molecular weight excluding hydrogens is 408 g/mol. The van der Waals surface area contributed by atoms with Crippen LogP contribution in [0.4, 0.5) is 15.3 Å². The number of likely N-dealkylation sites (tertiary alicyclic amines) is 1. The number of nitrogens with one attached hydrogen (secondary N) is 1. The molecule has 4 amide bonds. The summed E-state index contributed by atoms with van der Waals surface area (Å²) in [5.74, 6) is 1.35. The van der Waals surface area contributed by atoms with Crippen molar-refractivity contribution >= 4 is 17.7 Å². The molecule has 2 fully saturated rings. The van der Waals surface area contributed by atoms with Gasteiger partial charge in [-0.15, -0.1) is 0 Å². The zero-order valence-corrected chi connectivity index (χ0v) is 18.0. The number of nitrogens with zero attached hydrogens (tertiary/aromatic N) is 3. The van der Waals surface area contributed by atoms with E-state index in [0.717, 1.165) is 31.5 Å². The number of anilines is 1. The number of carbonyl (C=O) groups excluding carboxylic acids is 2. The molecule has 3 aliphatic heterocycles. The second kappa shape index (κ2) is 8.98. The molecule has 3 heterocycles. The Morgan fingerprint density at radius 1 is 0.938 bits per heavy atom. The van der Waals surface area contributed by atoms with E-state index in [-0.39, 0.29) is 18.1 Å². The fourth-order valence-corrected chi connectivity index (χ4v) is 4.59. The zero-order chi connectivity index (χ0) is 21.9. The number of hydrogen-bond donors (Lipinski definition) is 1. The minimum absolute atomic E-state index is 0.105. The van der Waals surface area contributed by atoms with Crippen molar-refractivity contribution in [2.24, 2.45) is 0 Å². The molecule has 0 atom stereocenters. The van der Waals surface area contributed by atoms with Crippen molar-refractivity contribution in [2.45, 2.75) is 25.4 Å². The van der Waals surface area contributed by atoms with E-state index in [9.17, 15) is 9.59 Å². The summed E-state index contributed by atoms with van der Waals surface area (Å²) in [6.07, 6.45) is 1.58. The average Bonchev–Trinajstić information content (AvgIpc) is 3.19. The monoisotopic (exact) mass is 436 g/mol. The molecule has 2 aromatic rings. The van der Waals surface area contributed by atoms with Crippen LogP contribution in [0, 0.1) is 0 Å². The van der Waals surface area contributed by atoms with E-state index in [1.807, 2.05) is 45.0 Å². The van der Waals surface area contributed by atoms with Crippen LogP contribution in [-0.4, -0.2) is 72.2 Å². The van der Waals surface area contributed by atoms with Crippen molar-refractivity contribution in [1.82, 2.24) is 14.7 Å². The molecule has 8 nitrogen and oxygen atoms in total. The molecule has 5 rings (SSSR count). The lowest BCUT2D eigenvalue weighted by atomic mass is 10.0. The van der Waals surface area contributed by atoms with Crippen molar-refractivity contribution in [3.8, 4) is 11.5 Å². The summed E-state index contributed by atoms with van der Waals surface area (Å²) in [6.45, 7) is 4.45. The van der Waals surface area contributed by atoms with Gasteiger partial charge in [-0.2, -0.15) is 0 Å². The number of piperidine rings is 1. The summed E-state index contributed by atoms with van der Waals surface area (Å²) < 4.78 is 11.1. The van der Waals surface area contributed by atoms with E-state index in [1.54, 1.807) is 6.07 Å². The molecule has 0 aliphatic carbocycles. The first-order valence-electron chi connectivity index (χ1n) is 11.2. The third-order valence-corrected chi connectivity index (χ3v) is 6.33. The fourth-order valence-electron chi connectivity index (χ4n) is 4.59. The number of fused-ring (bicyclic) bond motifs is 1. The maximum Gasteiger partial charge on any atom is 0.321 e. The Morgan fingerprint density at radius 2 is 1.69 bits per heavy atom. The molecular formula is C24H28N4O4. The highest BCUT2D eigenvalue weighted by atomic mass is 16.6. The Kier molecular flexibility index (Phi) is 5.75. The van der Waals surface area contributed by atoms with Gasteiger partial charge in [0.1, 0.15) is 13.2 Å². The van der Waals surface area contributed by atoms with E-state index in [0.29, 0.717) is 50.0 Å². The molecule has 2 aromatic carbocycles. The lowest BCUT2D eigenvalue weighted by Crippen LogP contribution is -2.49. The van der Waals surface area contributed by atoms with Gasteiger partial charge in [0.15, 0.2) is 11.5 Å². The van der Waals surface area contributed by atoms with Gasteiger partial charge >= 0.3 is 12.1 Å². The van der Waals surface area contributed by atoms with Crippen LogP contribution in [0.25, 0.3) is 0 Å². The zero-order valence-electron chi connectivity index (χ0n) is 18.0. The minimum Gasteiger partial charge on any atom is -0.486 e. The highest BCUT2D eigenvalue weighted by molar-refractivity contribution is 5.89. The second-order valence-electron chi connectivity index (χ2n) is 8.39. The van der Waals surface area contributed by atoms with Crippen LogP contribution in [0.3, 0.4) is 0 Å². The summed E-state index contributed by atoms with van der Waals surface area (Å²) in [6, 6.07) is 15.7. The van der Waals surface area contributed by atoms with E-state index < -0.39 is 0 Å². The number of hydrogen-bond acceptors (Lipinski definition) is 4. The number of benzene rings is 2. The first kappa shape index (κ1) is 20.5. The van der Waals surface area contributed by atoms with Crippen LogP contribution in [0.2, 0.25) is 0 Å². The summed E-state index contributed by atoms with van der Waals surface area (Å²) in [4.78, 5) is 31.4. The predicted octanol–water partition coefficient (Wildman–Crippen LogP) is 3.39. The topological polar surface area (TPSA) is 74.4 Å². The maximum atomic E-state index is 12.9. The normalized spacial score (nSPS) is 18.8. The number of carbonyl (C=O) groups is 2. The Labute approximate surface area is 187 Å². The van der Waals surface area contributed by atoms with Crippen LogP contribution in [0.5, 0.6) is 11.5 Å². The number of amides is 4. The van der Waals surface area contributed by atoms with Gasteiger partial charge < -0.3 is 29.5 Å². The van der Waals surface area contributed by atoms with Crippen LogP contribution in [-0.2, 0) is 6.54 Å². The molecule has 8 heteroatoms. The number of rotatable bonds is 4. The summed E-state index contributed by atoms with van der Waals surface area (Å²) >= 11 is 0. The van der Waals surface area contributed by atoms with Crippen LogP contribution >= 0.6 is 0 Å². The lowest BCUT2D eigenvalue weighted by Gasteiger charge is -2.36. The highest BCUT2D eigenvalue weighted by Crippen LogP contribution is 2.33. The molecule has 0 radical (unpaired) electrons. The first-order valence-corrected chi connectivity index (χ1v) is 11.2. The average molecular weight is 437 g/mol. The predicted molar refractivity (Wildman–Crippen MR) is 120 cm³/mol. The summed E-state index contributed by atoms with van der Waals surface area (Å²) in [5.41, 5.74) is 1.83. The van der Waals surface area contributed by atoms with E-state index in [2.05, 4.69) is 17.4 Å². The molecule has 0 bridgehead atoms. The Morgan fingerprint density at radius 3 is 2.47 bits per heavy atom. The molecule has 32 heavy (non-hydrogen) atoms. The number of ether oxygens (including phenoxy) is 2. The number of urea groups is 2. The van der Waals surface area contributed by atoms with Crippen LogP contribution in [0.1, 0.15) is 18.4 Å². The second-order valence-corrected chi connectivity index (χ2v) is 8.39. The Bertz CT molecular complexity index is 975. The van der Waals surface area contributed by atoms with Crippen LogP contribution < -0.4 is 14.8 Å². The molecule has 0 unspecified atom stereocenters. The van der Waals surface area contributed by atoms with Crippen LogP contribution in [0.15, 0.2) is 48.5 Å². The molecule has 3 aliphatic rings. The summed E-state index contributed by atoms with van der Waals surface area (Å²) in [7, 11) is 0. The third-order valence-electron chi connectivity index (χ3n) is 6.33. The molecule has 0 spiro atoms.